The first kappa shape index (κ1) is 10.5. The van der Waals surface area contributed by atoms with Gasteiger partial charge in [0.05, 0.1) is 0 Å². The second-order valence-corrected chi connectivity index (χ2v) is 4.91. The summed E-state index contributed by atoms with van der Waals surface area (Å²) in [6, 6.07) is 16.1. The second-order valence-electron chi connectivity index (χ2n) is 3.99. The van der Waals surface area contributed by atoms with Gasteiger partial charge < -0.3 is 0 Å². The van der Waals surface area contributed by atoms with Gasteiger partial charge in [-0.3, -0.25) is 4.79 Å². The van der Waals surface area contributed by atoms with Crippen molar-refractivity contribution < 1.29 is 4.79 Å². The van der Waals surface area contributed by atoms with Crippen LogP contribution in [0.15, 0.2) is 53.0 Å². The Balaban J connectivity index is 2.61. The zero-order chi connectivity index (χ0) is 11.8. The summed E-state index contributed by atoms with van der Waals surface area (Å²) in [6.07, 6.45) is 0.919. The molecule has 0 radical (unpaired) electrons. The van der Waals surface area contributed by atoms with Crippen LogP contribution in [0.5, 0.6) is 0 Å². The Labute approximate surface area is 107 Å². The van der Waals surface area contributed by atoms with Crippen molar-refractivity contribution in [2.24, 2.45) is 0 Å². The molecule has 82 valence electrons. The Morgan fingerprint density at radius 3 is 2.53 bits per heavy atom. The minimum Gasteiger partial charge on any atom is -0.298 e. The van der Waals surface area contributed by atoms with E-state index in [2.05, 4.69) is 28.1 Å². The van der Waals surface area contributed by atoms with Crippen LogP contribution >= 0.6 is 15.9 Å². The molecule has 0 bridgehead atoms. The molecule has 0 spiro atoms. The van der Waals surface area contributed by atoms with Crippen molar-refractivity contribution in [2.45, 2.75) is 0 Å². The highest BCUT2D eigenvalue weighted by Crippen LogP contribution is 2.30. The lowest BCUT2D eigenvalue weighted by atomic mass is 9.98. The van der Waals surface area contributed by atoms with Gasteiger partial charge in [0.15, 0.2) is 6.29 Å². The predicted octanol–water partition coefficient (Wildman–Crippen LogP) is 4.57. The van der Waals surface area contributed by atoms with Gasteiger partial charge in [-0.25, -0.2) is 0 Å². The topological polar surface area (TPSA) is 17.1 Å². The molecule has 1 nitrogen and oxygen atoms in total. The molecule has 0 aromatic heterocycles. The predicted molar refractivity (Wildman–Crippen MR) is 74.5 cm³/mol. The van der Waals surface area contributed by atoms with Gasteiger partial charge in [0.2, 0.25) is 0 Å². The zero-order valence-corrected chi connectivity index (χ0v) is 10.6. The summed E-state index contributed by atoms with van der Waals surface area (Å²) >= 11 is 3.48. The van der Waals surface area contributed by atoms with Crippen molar-refractivity contribution >= 4 is 43.8 Å². The summed E-state index contributed by atoms with van der Waals surface area (Å²) in [6.45, 7) is 0. The standard InChI is InChI=1S/C15H9BrO/c16-12-5-6-14-11(9-17)7-10-3-1-2-4-13(10)15(14)8-12/h1-9H. The Morgan fingerprint density at radius 1 is 0.882 bits per heavy atom. The van der Waals surface area contributed by atoms with Gasteiger partial charge in [-0.2, -0.15) is 0 Å². The molecule has 0 aliphatic rings. The summed E-state index contributed by atoms with van der Waals surface area (Å²) in [7, 11) is 0. The molecular formula is C15H9BrO. The maximum Gasteiger partial charge on any atom is 0.150 e. The van der Waals surface area contributed by atoms with Gasteiger partial charge in [-0.1, -0.05) is 46.3 Å². The minimum absolute atomic E-state index is 0.742. The fraction of sp³-hybridized carbons (Fsp3) is 0. The van der Waals surface area contributed by atoms with Crippen LogP contribution in [0.1, 0.15) is 10.4 Å². The molecule has 0 fully saturated rings. The molecule has 0 amide bonds. The van der Waals surface area contributed by atoms with Crippen LogP contribution in [-0.4, -0.2) is 6.29 Å². The lowest BCUT2D eigenvalue weighted by molar-refractivity contribution is 0.112. The van der Waals surface area contributed by atoms with Crippen molar-refractivity contribution in [2.75, 3.05) is 0 Å². The van der Waals surface area contributed by atoms with Gasteiger partial charge in [-0.05, 0) is 39.7 Å². The fourth-order valence-corrected chi connectivity index (χ4v) is 2.56. The summed E-state index contributed by atoms with van der Waals surface area (Å²) < 4.78 is 1.03. The molecule has 0 atom stereocenters. The summed E-state index contributed by atoms with van der Waals surface area (Å²) in [5, 5.41) is 4.39. The number of carbonyl (C=O) groups is 1. The molecule has 0 aliphatic carbocycles. The highest BCUT2D eigenvalue weighted by molar-refractivity contribution is 9.10. The fourth-order valence-electron chi connectivity index (χ4n) is 2.20. The van der Waals surface area contributed by atoms with Crippen molar-refractivity contribution in [1.82, 2.24) is 0 Å². The van der Waals surface area contributed by atoms with E-state index in [1.54, 1.807) is 0 Å². The molecule has 3 aromatic carbocycles. The van der Waals surface area contributed by atoms with Crippen LogP contribution in [0, 0.1) is 0 Å². The lowest BCUT2D eigenvalue weighted by Crippen LogP contribution is -1.86. The number of aldehydes is 1. The quantitative estimate of drug-likeness (QED) is 0.473. The number of fused-ring (bicyclic) bond motifs is 3. The van der Waals surface area contributed by atoms with E-state index in [-0.39, 0.29) is 0 Å². The Kier molecular flexibility index (Phi) is 2.45. The Bertz CT molecular complexity index is 731. The van der Waals surface area contributed by atoms with E-state index in [0.717, 1.165) is 32.5 Å². The summed E-state index contributed by atoms with van der Waals surface area (Å²) in [5.41, 5.74) is 0.742. The van der Waals surface area contributed by atoms with Crippen molar-refractivity contribution in [3.05, 3.63) is 58.6 Å². The zero-order valence-electron chi connectivity index (χ0n) is 8.98. The third-order valence-corrected chi connectivity index (χ3v) is 3.47. The van der Waals surface area contributed by atoms with Crippen LogP contribution < -0.4 is 0 Å². The molecule has 17 heavy (non-hydrogen) atoms. The van der Waals surface area contributed by atoms with Gasteiger partial charge >= 0.3 is 0 Å². The van der Waals surface area contributed by atoms with Crippen molar-refractivity contribution in [3.8, 4) is 0 Å². The Morgan fingerprint density at radius 2 is 1.71 bits per heavy atom. The largest absolute Gasteiger partial charge is 0.298 e. The van der Waals surface area contributed by atoms with Crippen LogP contribution in [-0.2, 0) is 0 Å². The van der Waals surface area contributed by atoms with E-state index in [1.807, 2.05) is 36.4 Å². The number of benzene rings is 3. The number of rotatable bonds is 1. The summed E-state index contributed by atoms with van der Waals surface area (Å²) in [5.74, 6) is 0. The molecule has 3 rings (SSSR count). The highest BCUT2D eigenvalue weighted by atomic mass is 79.9. The highest BCUT2D eigenvalue weighted by Gasteiger charge is 2.05. The first-order valence-electron chi connectivity index (χ1n) is 5.36. The van der Waals surface area contributed by atoms with E-state index < -0.39 is 0 Å². The molecule has 0 saturated carbocycles. The molecule has 0 heterocycles. The van der Waals surface area contributed by atoms with E-state index in [1.165, 1.54) is 5.39 Å². The third-order valence-electron chi connectivity index (χ3n) is 2.98. The first-order valence-corrected chi connectivity index (χ1v) is 6.15. The average molecular weight is 285 g/mol. The van der Waals surface area contributed by atoms with Gasteiger partial charge in [0.1, 0.15) is 0 Å². The Hall–Kier alpha value is -1.67. The number of hydrogen-bond acceptors (Lipinski definition) is 1. The maximum absolute atomic E-state index is 11.1. The normalized spacial score (nSPS) is 10.9. The van der Waals surface area contributed by atoms with Crippen LogP contribution in [0.25, 0.3) is 21.5 Å². The maximum atomic E-state index is 11.1. The van der Waals surface area contributed by atoms with Crippen LogP contribution in [0.4, 0.5) is 0 Å². The van der Waals surface area contributed by atoms with Gasteiger partial charge in [0.25, 0.3) is 0 Å². The lowest BCUT2D eigenvalue weighted by Gasteiger charge is -2.07. The minimum atomic E-state index is 0.742. The van der Waals surface area contributed by atoms with Crippen LogP contribution in [0.3, 0.4) is 0 Å². The number of halogens is 1. The SMILES string of the molecule is O=Cc1cc2ccccc2c2cc(Br)ccc12. The van der Waals surface area contributed by atoms with Gasteiger partial charge in [0, 0.05) is 10.0 Å². The third kappa shape index (κ3) is 1.65. The van der Waals surface area contributed by atoms with Crippen molar-refractivity contribution in [3.63, 3.8) is 0 Å². The first-order chi connectivity index (χ1) is 8.29. The molecule has 0 N–H and O–H groups in total. The molecule has 0 saturated heterocycles. The van der Waals surface area contributed by atoms with Crippen molar-refractivity contribution in [1.29, 1.82) is 0 Å². The number of carbonyl (C=O) groups excluding carboxylic acids is 1. The smallest absolute Gasteiger partial charge is 0.150 e. The molecule has 0 aliphatic heterocycles. The summed E-state index contributed by atoms with van der Waals surface area (Å²) in [4.78, 5) is 11.1. The second kappa shape index (κ2) is 3.97. The molecule has 3 aromatic rings. The van der Waals surface area contributed by atoms with E-state index in [0.29, 0.717) is 0 Å². The number of hydrogen-bond donors (Lipinski definition) is 0. The molecule has 0 unspecified atom stereocenters. The van der Waals surface area contributed by atoms with Gasteiger partial charge in [-0.15, -0.1) is 0 Å². The van der Waals surface area contributed by atoms with E-state index >= 15 is 0 Å². The molecular weight excluding hydrogens is 276 g/mol. The van der Waals surface area contributed by atoms with E-state index in [4.69, 9.17) is 0 Å². The molecule has 2 heteroatoms. The van der Waals surface area contributed by atoms with Crippen LogP contribution in [0.2, 0.25) is 0 Å². The van der Waals surface area contributed by atoms with E-state index in [9.17, 15) is 4.79 Å². The average Bonchev–Trinajstić information content (AvgIpc) is 2.37. The monoisotopic (exact) mass is 284 g/mol.